The zero-order valence-corrected chi connectivity index (χ0v) is 21.1. The molecule has 3 aliphatic heterocycles. The largest absolute Gasteiger partial charge is 0.384 e. The first-order valence-corrected chi connectivity index (χ1v) is 15.1. The van der Waals surface area contributed by atoms with Gasteiger partial charge >= 0.3 is 15.2 Å². The summed E-state index contributed by atoms with van der Waals surface area (Å²) in [6.45, 7) is 3.24. The molecule has 35 heavy (non-hydrogen) atoms. The van der Waals surface area contributed by atoms with E-state index < -0.39 is 46.1 Å². The van der Waals surface area contributed by atoms with Gasteiger partial charge in [-0.15, -0.1) is 0 Å². The Labute approximate surface area is 205 Å². The Morgan fingerprint density at radius 1 is 1.17 bits per heavy atom. The molecule has 0 aromatic carbocycles. The first kappa shape index (κ1) is 25.3. The van der Waals surface area contributed by atoms with Gasteiger partial charge in [0.05, 0.1) is 18.2 Å². The van der Waals surface area contributed by atoms with E-state index in [-0.39, 0.29) is 10.9 Å². The zero-order valence-electron chi connectivity index (χ0n) is 18.6. The average molecular weight is 550 g/mol. The Morgan fingerprint density at radius 3 is 2.51 bits per heavy atom. The molecule has 3 saturated heterocycles. The van der Waals surface area contributed by atoms with Crippen molar-refractivity contribution in [3.63, 3.8) is 0 Å². The quantitative estimate of drug-likeness (QED) is 0.225. The molecule has 5 rings (SSSR count). The number of halogens is 1. The summed E-state index contributed by atoms with van der Waals surface area (Å²) in [5.41, 5.74) is 0.516. The number of hydrogen-bond donors (Lipinski definition) is 4. The van der Waals surface area contributed by atoms with Crippen LogP contribution in [0.3, 0.4) is 0 Å². The molecule has 2 bridgehead atoms. The molecule has 0 amide bonds. The molecule has 192 valence electrons. The first-order valence-electron chi connectivity index (χ1n) is 11.2. The smallest absolute Gasteiger partial charge is 0.340 e. The van der Waals surface area contributed by atoms with Crippen molar-refractivity contribution in [3.05, 3.63) is 23.6 Å². The highest BCUT2D eigenvalue weighted by Crippen LogP contribution is 2.55. The monoisotopic (exact) mass is 549 g/mol. The molecule has 0 saturated carbocycles. The second-order valence-corrected chi connectivity index (χ2v) is 13.5. The number of nitrogens with zero attached hydrogens (tertiary/aromatic N) is 5. The third-order valence-electron chi connectivity index (χ3n) is 6.74. The van der Waals surface area contributed by atoms with Crippen molar-refractivity contribution in [1.29, 1.82) is 0 Å². The second-order valence-electron chi connectivity index (χ2n) is 9.14. The summed E-state index contributed by atoms with van der Waals surface area (Å²) in [5, 5.41) is 15.8. The van der Waals surface area contributed by atoms with Crippen LogP contribution in [0.5, 0.6) is 0 Å². The molecule has 3 fully saturated rings. The van der Waals surface area contributed by atoms with Crippen LogP contribution in [0.4, 0.5) is 5.82 Å². The summed E-state index contributed by atoms with van der Waals surface area (Å²) in [7, 11) is -9.37. The highest BCUT2D eigenvalue weighted by Gasteiger charge is 2.43. The molecule has 2 aromatic heterocycles. The van der Waals surface area contributed by atoms with Crippen LogP contribution < -0.4 is 4.90 Å². The fourth-order valence-electron chi connectivity index (χ4n) is 5.23. The van der Waals surface area contributed by atoms with Crippen LogP contribution in [0.25, 0.3) is 11.0 Å². The standard InChI is InChI=1S/C19H26ClN5O8P2/c1-10-14(8-32-35(30,31)9-34(27,28)29)33-18(15(10)26)25-17-13(7-21-25)16(22-19(20)23-17)24-11-3-2-4-12(24)6-5-11/h7,11-12,14-15,18,26H,1-6,8-9H2,(H,30,31)(H2,27,28,29)/t11?,12?,14-,15-,18-/m1/s1. The molecule has 13 nitrogen and oxygen atoms in total. The zero-order chi connectivity index (χ0) is 25.1. The van der Waals surface area contributed by atoms with Crippen LogP contribution >= 0.6 is 26.8 Å². The molecule has 0 spiro atoms. The molecular weight excluding hydrogens is 524 g/mol. The van der Waals surface area contributed by atoms with Gasteiger partial charge in [0.15, 0.2) is 17.8 Å². The normalized spacial score (nSPS) is 30.8. The first-order chi connectivity index (χ1) is 16.4. The maximum Gasteiger partial charge on any atom is 0.340 e. The van der Waals surface area contributed by atoms with E-state index in [2.05, 4.69) is 26.5 Å². The molecule has 0 aliphatic carbocycles. The van der Waals surface area contributed by atoms with Crippen LogP contribution in [0.1, 0.15) is 38.3 Å². The van der Waals surface area contributed by atoms with E-state index in [4.69, 9.17) is 30.6 Å². The van der Waals surface area contributed by atoms with Gasteiger partial charge in [0.2, 0.25) is 5.28 Å². The van der Waals surface area contributed by atoms with Gasteiger partial charge in [-0.3, -0.25) is 9.13 Å². The van der Waals surface area contributed by atoms with Gasteiger partial charge in [0.1, 0.15) is 18.0 Å². The fourth-order valence-corrected chi connectivity index (χ4v) is 7.95. The summed E-state index contributed by atoms with van der Waals surface area (Å²) < 4.78 is 35.1. The van der Waals surface area contributed by atoms with E-state index in [9.17, 15) is 19.1 Å². The predicted octanol–water partition coefficient (Wildman–Crippen LogP) is 2.15. The molecule has 16 heteroatoms. The van der Waals surface area contributed by atoms with Crippen LogP contribution in [0.15, 0.2) is 18.3 Å². The van der Waals surface area contributed by atoms with E-state index in [0.717, 1.165) is 25.7 Å². The number of aliphatic hydroxyl groups excluding tert-OH is 1. The van der Waals surface area contributed by atoms with E-state index in [1.807, 2.05) is 0 Å². The predicted molar refractivity (Wildman–Crippen MR) is 125 cm³/mol. The summed E-state index contributed by atoms with van der Waals surface area (Å²) in [4.78, 5) is 38.8. The Bertz CT molecular complexity index is 1240. The lowest BCUT2D eigenvalue weighted by molar-refractivity contribution is -0.0526. The van der Waals surface area contributed by atoms with Crippen molar-refractivity contribution < 1.29 is 38.2 Å². The SMILES string of the molecule is C=C1[C@@H](O)[C@H](n2ncc3c(N4C5CCCC4CC5)nc(Cl)nc32)O[C@@H]1COP(=O)(O)CP(=O)(O)O. The average Bonchev–Trinajstić information content (AvgIpc) is 3.37. The molecule has 2 aromatic rings. The Morgan fingerprint density at radius 2 is 1.86 bits per heavy atom. The maximum atomic E-state index is 12.0. The van der Waals surface area contributed by atoms with Crippen molar-refractivity contribution in [2.75, 3.05) is 17.4 Å². The van der Waals surface area contributed by atoms with Gasteiger partial charge in [-0.1, -0.05) is 6.58 Å². The number of ether oxygens (including phenoxy) is 1. The van der Waals surface area contributed by atoms with Gasteiger partial charge in [-0.05, 0) is 49.3 Å². The van der Waals surface area contributed by atoms with Crippen LogP contribution in [0.2, 0.25) is 5.28 Å². The van der Waals surface area contributed by atoms with Crippen molar-refractivity contribution in [2.45, 2.75) is 62.6 Å². The number of fused-ring (bicyclic) bond motifs is 3. The lowest BCUT2D eigenvalue weighted by atomic mass is 10.0. The number of rotatable bonds is 7. The summed E-state index contributed by atoms with van der Waals surface area (Å²) in [5.74, 6) is -0.630. The number of piperidine rings is 1. The maximum absolute atomic E-state index is 12.0. The summed E-state index contributed by atoms with van der Waals surface area (Å²) in [6, 6.07) is 0.756. The topological polar surface area (TPSA) is 180 Å². The molecular formula is C19H26ClN5O8P2. The summed E-state index contributed by atoms with van der Waals surface area (Å²) >= 11 is 6.29. The molecule has 5 heterocycles. The minimum atomic E-state index is -4.78. The highest BCUT2D eigenvalue weighted by molar-refractivity contribution is 7.70. The van der Waals surface area contributed by atoms with Crippen LogP contribution in [0, 0.1) is 0 Å². The van der Waals surface area contributed by atoms with E-state index >= 15 is 0 Å². The van der Waals surface area contributed by atoms with Crippen LogP contribution in [-0.4, -0.2) is 76.3 Å². The fraction of sp³-hybridized carbons (Fsp3) is 0.632. The Balaban J connectivity index is 1.40. The van der Waals surface area contributed by atoms with Crippen molar-refractivity contribution >= 4 is 43.6 Å². The second kappa shape index (κ2) is 9.16. The van der Waals surface area contributed by atoms with E-state index in [1.54, 1.807) is 6.20 Å². The van der Waals surface area contributed by atoms with Crippen molar-refractivity contribution in [1.82, 2.24) is 19.7 Å². The van der Waals surface area contributed by atoms with E-state index in [0.29, 0.717) is 28.9 Å². The van der Waals surface area contributed by atoms with Gasteiger partial charge in [0, 0.05) is 12.1 Å². The van der Waals surface area contributed by atoms with Crippen LogP contribution in [-0.2, 0) is 18.4 Å². The Hall–Kier alpha value is -1.40. The number of aliphatic hydroxyl groups is 1. The van der Waals surface area contributed by atoms with Gasteiger partial charge < -0.3 is 33.9 Å². The van der Waals surface area contributed by atoms with Gasteiger partial charge in [-0.2, -0.15) is 15.1 Å². The minimum absolute atomic E-state index is 0.0316. The summed E-state index contributed by atoms with van der Waals surface area (Å²) in [6.07, 6.45) is 3.75. The number of hydrogen-bond acceptors (Lipinski definition) is 9. The van der Waals surface area contributed by atoms with E-state index in [1.165, 1.54) is 11.1 Å². The Kier molecular flexibility index (Phi) is 6.61. The minimum Gasteiger partial charge on any atom is -0.384 e. The molecule has 3 unspecified atom stereocenters. The highest BCUT2D eigenvalue weighted by atomic mass is 35.5. The van der Waals surface area contributed by atoms with Gasteiger partial charge in [0.25, 0.3) is 0 Å². The molecule has 6 atom stereocenters. The third-order valence-corrected chi connectivity index (χ3v) is 10.4. The van der Waals surface area contributed by atoms with Gasteiger partial charge in [-0.25, -0.2) is 4.68 Å². The lowest BCUT2D eigenvalue weighted by Gasteiger charge is -2.36. The molecule has 0 radical (unpaired) electrons. The number of aromatic nitrogens is 4. The van der Waals surface area contributed by atoms with Crippen molar-refractivity contribution in [2.24, 2.45) is 0 Å². The lowest BCUT2D eigenvalue weighted by Crippen LogP contribution is -2.40. The molecule has 4 N–H and O–H groups in total. The molecule has 3 aliphatic rings. The number of anilines is 1. The third kappa shape index (κ3) is 4.94. The van der Waals surface area contributed by atoms with Crippen molar-refractivity contribution in [3.8, 4) is 0 Å².